The van der Waals surface area contributed by atoms with Gasteiger partial charge in [-0.3, -0.25) is 24.0 Å². The van der Waals surface area contributed by atoms with Crippen LogP contribution >= 0.6 is 0 Å². The highest BCUT2D eigenvalue weighted by Crippen LogP contribution is 2.35. The molecule has 0 unspecified atom stereocenters. The molecule has 2 fully saturated rings. The van der Waals surface area contributed by atoms with E-state index in [1.165, 1.54) is 39.2 Å². The van der Waals surface area contributed by atoms with Gasteiger partial charge in [0.25, 0.3) is 0 Å². The average molecular weight is 1090 g/mol. The highest BCUT2D eigenvalue weighted by molar-refractivity contribution is 5.70. The number of carbonyl (C=O) groups excluding carboxylic acids is 2. The van der Waals surface area contributed by atoms with Crippen molar-refractivity contribution in [1.29, 1.82) is 0 Å². The van der Waals surface area contributed by atoms with Crippen LogP contribution in [-0.4, -0.2) is 131 Å². The van der Waals surface area contributed by atoms with Crippen LogP contribution in [0.2, 0.25) is 0 Å². The lowest BCUT2D eigenvalue weighted by Crippen LogP contribution is -2.59. The fourth-order valence-electron chi connectivity index (χ4n) is 11.1. The number of benzene rings is 1. The van der Waals surface area contributed by atoms with E-state index in [1.54, 1.807) is 9.80 Å². The molecule has 20 heteroatoms. The molecule has 4 atom stereocenters. The van der Waals surface area contributed by atoms with Crippen molar-refractivity contribution in [2.75, 3.05) is 49.1 Å². The summed E-state index contributed by atoms with van der Waals surface area (Å²) in [5, 5.41) is 3.32. The van der Waals surface area contributed by atoms with E-state index in [9.17, 15) is 19.2 Å². The number of ether oxygens (including phenoxy) is 2. The molecule has 0 spiro atoms. The van der Waals surface area contributed by atoms with Gasteiger partial charge in [-0.05, 0) is 118 Å². The Morgan fingerprint density at radius 1 is 0.646 bits per heavy atom. The summed E-state index contributed by atoms with van der Waals surface area (Å²) in [4.78, 5) is 81.3. The third kappa shape index (κ3) is 12.8. The summed E-state index contributed by atoms with van der Waals surface area (Å²) in [6.45, 7) is 31.9. The van der Waals surface area contributed by atoms with Gasteiger partial charge in [-0.1, -0.05) is 58.0 Å². The molecule has 1 N–H and O–H groups in total. The number of hydrogen-bond acceptors (Lipinski definition) is 14. The van der Waals surface area contributed by atoms with Crippen LogP contribution in [0.15, 0.2) is 64.4 Å². The largest absolute Gasteiger partial charge is 0.444 e. The molecule has 0 aliphatic carbocycles. The molecule has 79 heavy (non-hydrogen) atoms. The van der Waals surface area contributed by atoms with Gasteiger partial charge in [0.2, 0.25) is 0 Å². The van der Waals surface area contributed by atoms with Gasteiger partial charge in [0.05, 0.1) is 11.4 Å². The number of piperazine rings is 2. The minimum absolute atomic E-state index is 0.0729. The van der Waals surface area contributed by atoms with Gasteiger partial charge in [0, 0.05) is 111 Å². The zero-order valence-electron chi connectivity index (χ0n) is 48.6. The second-order valence-electron chi connectivity index (χ2n) is 24.2. The summed E-state index contributed by atoms with van der Waals surface area (Å²) in [6.07, 6.45) is 3.49. The summed E-state index contributed by atoms with van der Waals surface area (Å²) < 4.78 is 44.9. The Balaban J connectivity index is 0.000000211. The molecule has 9 rings (SSSR count). The number of rotatable bonds is 8. The normalized spacial score (nSPS) is 19.9. The van der Waals surface area contributed by atoms with Crippen LogP contribution in [0.5, 0.6) is 0 Å². The number of fused-ring (bicyclic) bond motifs is 2. The number of halogens is 2. The number of anilines is 2. The van der Waals surface area contributed by atoms with E-state index in [0.717, 1.165) is 29.9 Å². The topological polar surface area (TPSA) is 176 Å². The highest BCUT2D eigenvalue weighted by atomic mass is 19.1. The molecule has 4 aliphatic heterocycles. The SMILES string of the molecule is CC(C)c1nccc(F)c1-n1c2c(c(N3C[C@@H](C)N(C(=O)OC(C)(C)C)C[C@@H]3C)nc1=O)CCN(Cc1ccccc1)C2.CC(C)c1nccc(F)c1-n1c2c(c(N3C[C@@H](C)N(C(=O)OC(C)(C)C)C[C@@H]3C)nc1=O)CCNC2. The predicted molar refractivity (Wildman–Crippen MR) is 301 cm³/mol. The van der Waals surface area contributed by atoms with Crippen molar-refractivity contribution in [2.24, 2.45) is 0 Å². The number of amides is 2. The van der Waals surface area contributed by atoms with E-state index in [1.807, 2.05) is 115 Å². The average Bonchev–Trinajstić information content (AvgIpc) is 3.52. The van der Waals surface area contributed by atoms with Gasteiger partial charge >= 0.3 is 23.6 Å². The molecule has 1 aromatic carbocycles. The van der Waals surface area contributed by atoms with Gasteiger partial charge in [-0.2, -0.15) is 9.97 Å². The maximum atomic E-state index is 15.6. The molecular weight excluding hydrogens is 1010 g/mol. The first-order chi connectivity index (χ1) is 37.2. The second-order valence-corrected chi connectivity index (χ2v) is 24.2. The number of nitrogens with zero attached hydrogens (tertiary/aromatic N) is 11. The van der Waals surface area contributed by atoms with Crippen molar-refractivity contribution < 1.29 is 27.8 Å². The van der Waals surface area contributed by atoms with Gasteiger partial charge in [0.15, 0.2) is 11.6 Å². The fourth-order valence-corrected chi connectivity index (χ4v) is 11.1. The van der Waals surface area contributed by atoms with E-state index < -0.39 is 34.2 Å². The van der Waals surface area contributed by atoms with Crippen molar-refractivity contribution in [2.45, 2.75) is 177 Å². The van der Waals surface area contributed by atoms with Gasteiger partial charge < -0.3 is 34.4 Å². The van der Waals surface area contributed by atoms with Crippen LogP contribution in [0.4, 0.5) is 30.0 Å². The number of nitrogens with one attached hydrogen (secondary N) is 1. The molecule has 5 aromatic rings. The lowest BCUT2D eigenvalue weighted by atomic mass is 10.00. The smallest absolute Gasteiger partial charge is 0.410 e. The van der Waals surface area contributed by atoms with Crippen molar-refractivity contribution in [3.63, 3.8) is 0 Å². The Morgan fingerprint density at radius 3 is 1.56 bits per heavy atom. The summed E-state index contributed by atoms with van der Waals surface area (Å²) >= 11 is 0. The van der Waals surface area contributed by atoms with Crippen LogP contribution in [0.25, 0.3) is 11.4 Å². The molecule has 0 saturated carbocycles. The maximum absolute atomic E-state index is 15.6. The van der Waals surface area contributed by atoms with Crippen molar-refractivity contribution in [3.8, 4) is 11.4 Å². The molecule has 8 heterocycles. The second kappa shape index (κ2) is 23.5. The monoisotopic (exact) mass is 1090 g/mol. The summed E-state index contributed by atoms with van der Waals surface area (Å²) in [6, 6.07) is 12.3. The summed E-state index contributed by atoms with van der Waals surface area (Å²) in [5.74, 6) is 0.0762. The summed E-state index contributed by atoms with van der Waals surface area (Å²) in [7, 11) is 0. The van der Waals surface area contributed by atoms with Crippen LogP contribution in [-0.2, 0) is 41.9 Å². The van der Waals surface area contributed by atoms with Gasteiger partial charge in [-0.25, -0.2) is 28.0 Å². The first kappa shape index (κ1) is 58.4. The Hall–Kier alpha value is -6.80. The maximum Gasteiger partial charge on any atom is 0.410 e. The zero-order valence-corrected chi connectivity index (χ0v) is 48.6. The van der Waals surface area contributed by atoms with E-state index in [-0.39, 0.29) is 59.6 Å². The third-order valence-electron chi connectivity index (χ3n) is 14.8. The van der Waals surface area contributed by atoms with Crippen molar-refractivity contribution >= 4 is 23.8 Å². The van der Waals surface area contributed by atoms with Crippen LogP contribution in [0.3, 0.4) is 0 Å². The Morgan fingerprint density at radius 2 is 1.10 bits per heavy atom. The quantitative estimate of drug-likeness (QED) is 0.156. The first-order valence-electron chi connectivity index (χ1n) is 27.8. The minimum Gasteiger partial charge on any atom is -0.444 e. The molecular formula is C59H80F2N12O6. The molecule has 18 nitrogen and oxygen atoms in total. The van der Waals surface area contributed by atoms with E-state index in [2.05, 4.69) is 52.1 Å². The van der Waals surface area contributed by atoms with Crippen LogP contribution in [0, 0.1) is 11.6 Å². The standard InChI is InChI=1S/C33H43FN6O3.C26H37FN6O3/c1-21(2)28-29(26(34)13-15-35-28)40-27-20-37(19-24-11-9-8-10-12-24)16-14-25(27)30(36-31(40)41)38-17-23(4)39(18-22(38)3)32(42)43-33(5,6)7;1-15(2)21-22(19(27)9-11-29-21)33-20-12-28-10-8-18(20)23(30-24(33)34)31-13-17(4)32(14-16(31)3)25(35)36-26(5,6)7/h8-13,15,21-23H,14,16-20H2,1-7H3;9,11,15-17,28H,8,10,12-14H2,1-7H3/t22-,23+;16-,17+/m00/s1. The Kier molecular flexibility index (Phi) is 17.4. The van der Waals surface area contributed by atoms with E-state index in [4.69, 9.17) is 9.47 Å². The zero-order chi connectivity index (χ0) is 57.4. The molecule has 4 aromatic heterocycles. The molecule has 2 saturated heterocycles. The van der Waals surface area contributed by atoms with E-state index in [0.29, 0.717) is 87.4 Å². The molecule has 0 radical (unpaired) electrons. The number of carbonyl (C=O) groups is 2. The van der Waals surface area contributed by atoms with Crippen molar-refractivity contribution in [1.82, 2.24) is 49.1 Å². The lowest BCUT2D eigenvalue weighted by Gasteiger charge is -2.45. The molecule has 2 amide bonds. The number of pyridine rings is 2. The fraction of sp³-hybridized carbons (Fsp3) is 0.559. The number of aromatic nitrogens is 6. The van der Waals surface area contributed by atoms with Crippen LogP contribution in [0.1, 0.15) is 148 Å². The third-order valence-corrected chi connectivity index (χ3v) is 14.8. The minimum atomic E-state index is -0.593. The van der Waals surface area contributed by atoms with Gasteiger partial charge in [-0.15, -0.1) is 0 Å². The van der Waals surface area contributed by atoms with Gasteiger partial charge in [0.1, 0.15) is 34.2 Å². The predicted octanol–water partition coefficient (Wildman–Crippen LogP) is 8.65. The Bertz CT molecular complexity index is 3150. The van der Waals surface area contributed by atoms with E-state index >= 15 is 8.78 Å². The first-order valence-corrected chi connectivity index (χ1v) is 27.8. The number of hydrogen-bond donors (Lipinski definition) is 1. The van der Waals surface area contributed by atoms with Crippen molar-refractivity contribution in [3.05, 3.63) is 127 Å². The van der Waals surface area contributed by atoms with Crippen LogP contribution < -0.4 is 26.5 Å². The summed E-state index contributed by atoms with van der Waals surface area (Å²) in [5.41, 5.74) is 3.64. The molecule has 4 aliphatic rings. The molecule has 426 valence electrons. The highest BCUT2D eigenvalue weighted by Gasteiger charge is 2.40. The Labute approximate surface area is 463 Å². The lowest BCUT2D eigenvalue weighted by molar-refractivity contribution is 0.0119. The molecule has 0 bridgehead atoms.